The van der Waals surface area contributed by atoms with E-state index in [0.717, 1.165) is 25.9 Å². The van der Waals surface area contributed by atoms with Crippen molar-refractivity contribution in [2.45, 2.75) is 50.6 Å². The first-order valence-corrected chi connectivity index (χ1v) is 6.39. The molecule has 3 nitrogen and oxygen atoms in total. The van der Waals surface area contributed by atoms with Crippen molar-refractivity contribution in [1.29, 1.82) is 0 Å². The molecule has 2 rings (SSSR count). The zero-order valence-corrected chi connectivity index (χ0v) is 9.84. The van der Waals surface area contributed by atoms with E-state index >= 15 is 0 Å². The summed E-state index contributed by atoms with van der Waals surface area (Å²) in [6.45, 7) is 6.01. The van der Waals surface area contributed by atoms with Crippen molar-refractivity contribution in [2.75, 3.05) is 26.2 Å². The molecule has 2 N–H and O–H groups in total. The van der Waals surface area contributed by atoms with Crippen molar-refractivity contribution in [3.63, 3.8) is 0 Å². The van der Waals surface area contributed by atoms with E-state index in [4.69, 9.17) is 0 Å². The minimum Gasteiger partial charge on any atom is -0.394 e. The van der Waals surface area contributed by atoms with Gasteiger partial charge in [-0.2, -0.15) is 0 Å². The van der Waals surface area contributed by atoms with Crippen LogP contribution in [0.3, 0.4) is 0 Å². The lowest BCUT2D eigenvalue weighted by Gasteiger charge is -2.32. The normalized spacial score (nSPS) is 34.0. The van der Waals surface area contributed by atoms with Crippen molar-refractivity contribution in [2.24, 2.45) is 0 Å². The predicted molar refractivity (Wildman–Crippen MR) is 61.9 cm³/mol. The van der Waals surface area contributed by atoms with Gasteiger partial charge in [0.15, 0.2) is 0 Å². The molecule has 1 aliphatic heterocycles. The summed E-state index contributed by atoms with van der Waals surface area (Å²) in [4.78, 5) is 2.49. The fraction of sp³-hybridized carbons (Fsp3) is 1.00. The first-order chi connectivity index (χ1) is 7.28. The highest BCUT2D eigenvalue weighted by atomic mass is 16.3. The molecule has 0 aromatic heterocycles. The fourth-order valence-electron chi connectivity index (χ4n) is 2.57. The number of rotatable bonds is 4. The predicted octanol–water partition coefficient (Wildman–Crippen LogP) is 0.975. The molecular weight excluding hydrogens is 188 g/mol. The molecule has 88 valence electrons. The Kier molecular flexibility index (Phi) is 3.65. The smallest absolute Gasteiger partial charge is 0.0613 e. The summed E-state index contributed by atoms with van der Waals surface area (Å²) in [7, 11) is 0. The monoisotopic (exact) mass is 212 g/mol. The van der Waals surface area contributed by atoms with Gasteiger partial charge >= 0.3 is 0 Å². The van der Waals surface area contributed by atoms with Crippen LogP contribution in [0.1, 0.15) is 39.0 Å². The van der Waals surface area contributed by atoms with E-state index < -0.39 is 0 Å². The first kappa shape index (κ1) is 11.4. The Morgan fingerprint density at radius 1 is 1.33 bits per heavy atom. The zero-order valence-electron chi connectivity index (χ0n) is 9.84. The summed E-state index contributed by atoms with van der Waals surface area (Å²) in [6, 6.07) is 0.699. The molecule has 0 aromatic rings. The van der Waals surface area contributed by atoms with Crippen molar-refractivity contribution in [3.05, 3.63) is 0 Å². The van der Waals surface area contributed by atoms with Crippen LogP contribution in [-0.4, -0.2) is 47.8 Å². The van der Waals surface area contributed by atoms with Gasteiger partial charge in [0.05, 0.1) is 6.61 Å². The quantitative estimate of drug-likeness (QED) is 0.729. The van der Waals surface area contributed by atoms with Crippen LogP contribution in [0.4, 0.5) is 0 Å². The second kappa shape index (κ2) is 4.81. The van der Waals surface area contributed by atoms with Gasteiger partial charge in [-0.15, -0.1) is 0 Å². The number of hydrogen-bond donors (Lipinski definition) is 2. The van der Waals surface area contributed by atoms with Crippen molar-refractivity contribution in [1.82, 2.24) is 10.2 Å². The minimum absolute atomic E-state index is 0.0328. The molecule has 0 amide bonds. The maximum absolute atomic E-state index is 9.62. The average molecular weight is 212 g/mol. The molecule has 0 radical (unpaired) electrons. The van der Waals surface area contributed by atoms with E-state index in [1.165, 1.54) is 25.8 Å². The van der Waals surface area contributed by atoms with Gasteiger partial charge in [-0.3, -0.25) is 0 Å². The lowest BCUT2D eigenvalue weighted by Crippen LogP contribution is -2.50. The topological polar surface area (TPSA) is 35.5 Å². The SMILES string of the molecule is CCN1CCCC(CO)(NC2CC2)CC1. The number of nitrogens with one attached hydrogen (secondary N) is 1. The molecule has 1 saturated heterocycles. The lowest BCUT2D eigenvalue weighted by molar-refractivity contribution is 0.141. The number of likely N-dealkylation sites (tertiary alicyclic amines) is 1. The minimum atomic E-state index is 0.0328. The van der Waals surface area contributed by atoms with Crippen LogP contribution < -0.4 is 5.32 Å². The Bertz CT molecular complexity index is 206. The van der Waals surface area contributed by atoms with Crippen molar-refractivity contribution in [3.8, 4) is 0 Å². The van der Waals surface area contributed by atoms with E-state index in [-0.39, 0.29) is 5.54 Å². The van der Waals surface area contributed by atoms with E-state index in [1.54, 1.807) is 0 Å². The molecule has 1 saturated carbocycles. The third-order valence-corrected chi connectivity index (χ3v) is 3.87. The molecule has 15 heavy (non-hydrogen) atoms. The van der Waals surface area contributed by atoms with E-state index in [9.17, 15) is 5.11 Å². The molecule has 1 heterocycles. The summed E-state index contributed by atoms with van der Waals surface area (Å²) in [6.07, 6.45) is 6.07. The Hall–Kier alpha value is -0.120. The highest BCUT2D eigenvalue weighted by Gasteiger charge is 2.36. The van der Waals surface area contributed by atoms with E-state index in [1.807, 2.05) is 0 Å². The molecule has 1 atom stereocenters. The molecule has 1 unspecified atom stereocenters. The molecule has 0 bridgehead atoms. The molecule has 1 aliphatic carbocycles. The van der Waals surface area contributed by atoms with Crippen LogP contribution >= 0.6 is 0 Å². The van der Waals surface area contributed by atoms with Crippen LogP contribution in [0.2, 0.25) is 0 Å². The van der Waals surface area contributed by atoms with Gasteiger partial charge in [-0.1, -0.05) is 6.92 Å². The first-order valence-electron chi connectivity index (χ1n) is 6.39. The second-order valence-corrected chi connectivity index (χ2v) is 5.14. The highest BCUT2D eigenvalue weighted by Crippen LogP contribution is 2.28. The van der Waals surface area contributed by atoms with Crippen molar-refractivity contribution < 1.29 is 5.11 Å². The maximum Gasteiger partial charge on any atom is 0.0613 e. The van der Waals surface area contributed by atoms with Crippen LogP contribution in [0.25, 0.3) is 0 Å². The Morgan fingerprint density at radius 3 is 2.73 bits per heavy atom. The Morgan fingerprint density at radius 2 is 2.13 bits per heavy atom. The largest absolute Gasteiger partial charge is 0.394 e. The van der Waals surface area contributed by atoms with Crippen LogP contribution in [0.15, 0.2) is 0 Å². The van der Waals surface area contributed by atoms with Crippen LogP contribution in [0, 0.1) is 0 Å². The summed E-state index contributed by atoms with van der Waals surface area (Å²) in [5.41, 5.74) is 0.0328. The second-order valence-electron chi connectivity index (χ2n) is 5.14. The van der Waals surface area contributed by atoms with Crippen LogP contribution in [0.5, 0.6) is 0 Å². The molecule has 0 aromatic carbocycles. The molecule has 2 aliphatic rings. The number of nitrogens with zero attached hydrogens (tertiary/aromatic N) is 1. The fourth-order valence-corrected chi connectivity index (χ4v) is 2.57. The van der Waals surface area contributed by atoms with Gasteiger partial charge in [-0.05, 0) is 51.7 Å². The summed E-state index contributed by atoms with van der Waals surface area (Å²) in [5, 5.41) is 13.3. The van der Waals surface area contributed by atoms with E-state index in [0.29, 0.717) is 12.6 Å². The Balaban J connectivity index is 1.92. The third kappa shape index (κ3) is 2.92. The molecule has 3 heteroatoms. The van der Waals surface area contributed by atoms with Gasteiger partial charge in [0.2, 0.25) is 0 Å². The summed E-state index contributed by atoms with van der Waals surface area (Å²) >= 11 is 0. The van der Waals surface area contributed by atoms with E-state index in [2.05, 4.69) is 17.1 Å². The molecular formula is C12H24N2O. The summed E-state index contributed by atoms with van der Waals surface area (Å²) in [5.74, 6) is 0. The van der Waals surface area contributed by atoms with Gasteiger partial charge in [0.25, 0.3) is 0 Å². The number of aliphatic hydroxyl groups is 1. The average Bonchev–Trinajstić information content (AvgIpc) is 3.06. The number of hydrogen-bond acceptors (Lipinski definition) is 3. The van der Waals surface area contributed by atoms with Crippen LogP contribution in [-0.2, 0) is 0 Å². The zero-order chi connectivity index (χ0) is 10.7. The van der Waals surface area contributed by atoms with Gasteiger partial charge in [0, 0.05) is 11.6 Å². The Labute approximate surface area is 92.8 Å². The lowest BCUT2D eigenvalue weighted by atomic mass is 9.91. The van der Waals surface area contributed by atoms with Gasteiger partial charge in [0.1, 0.15) is 0 Å². The standard InChI is InChI=1S/C12H24N2O/c1-2-14-8-3-6-12(10-15,7-9-14)13-11-4-5-11/h11,13,15H,2-10H2,1H3. The highest BCUT2D eigenvalue weighted by molar-refractivity contribution is 4.96. The van der Waals surface area contributed by atoms with Crippen molar-refractivity contribution >= 4 is 0 Å². The third-order valence-electron chi connectivity index (χ3n) is 3.87. The van der Waals surface area contributed by atoms with Gasteiger partial charge < -0.3 is 15.3 Å². The maximum atomic E-state index is 9.62. The van der Waals surface area contributed by atoms with Gasteiger partial charge in [-0.25, -0.2) is 0 Å². The molecule has 2 fully saturated rings. The number of aliphatic hydroxyl groups excluding tert-OH is 1. The molecule has 0 spiro atoms. The summed E-state index contributed by atoms with van der Waals surface area (Å²) < 4.78 is 0.